The molecule has 0 amide bonds. The topological polar surface area (TPSA) is 46.9 Å². The molecule has 4 heteroatoms. The second-order valence-electron chi connectivity index (χ2n) is 4.98. The van der Waals surface area contributed by atoms with Crippen LogP contribution in [0.1, 0.15) is 29.6 Å². The molecular formula is C14H17N3O. The fourth-order valence-corrected chi connectivity index (χ4v) is 2.58. The summed E-state index contributed by atoms with van der Waals surface area (Å²) in [6, 6.07) is 6.13. The number of carbonyl (C=O) groups is 1. The molecule has 94 valence electrons. The molecule has 0 saturated carbocycles. The summed E-state index contributed by atoms with van der Waals surface area (Å²) in [5.74, 6) is 0.210. The second kappa shape index (κ2) is 4.53. The van der Waals surface area contributed by atoms with Crippen LogP contribution in [0.4, 0.5) is 0 Å². The van der Waals surface area contributed by atoms with Crippen molar-refractivity contribution in [3.63, 3.8) is 0 Å². The summed E-state index contributed by atoms with van der Waals surface area (Å²) in [6.07, 6.45) is 4.66. The van der Waals surface area contributed by atoms with Gasteiger partial charge in [-0.2, -0.15) is 0 Å². The predicted octanol–water partition coefficient (Wildman–Crippen LogP) is 1.90. The van der Waals surface area contributed by atoms with Crippen molar-refractivity contribution < 1.29 is 4.79 Å². The Bertz CT molecular complexity index is 582. The molecule has 1 aliphatic rings. The molecule has 1 aromatic carbocycles. The van der Waals surface area contributed by atoms with Crippen molar-refractivity contribution in [3.8, 4) is 0 Å². The first-order chi connectivity index (χ1) is 8.74. The molecule has 3 rings (SSSR count). The smallest absolute Gasteiger partial charge is 0.164 e. The van der Waals surface area contributed by atoms with Gasteiger partial charge in [-0.1, -0.05) is 0 Å². The Morgan fingerprint density at radius 1 is 1.56 bits per heavy atom. The zero-order valence-corrected chi connectivity index (χ0v) is 10.5. The van der Waals surface area contributed by atoms with Crippen LogP contribution in [-0.4, -0.2) is 27.9 Å². The van der Waals surface area contributed by atoms with Gasteiger partial charge in [0.05, 0.1) is 17.4 Å². The normalized spacial score (nSPS) is 19.5. The van der Waals surface area contributed by atoms with Gasteiger partial charge in [0.1, 0.15) is 0 Å². The van der Waals surface area contributed by atoms with Crippen molar-refractivity contribution in [3.05, 3.63) is 30.1 Å². The molecule has 4 nitrogen and oxygen atoms in total. The molecule has 2 heterocycles. The average molecular weight is 243 g/mol. The number of nitrogens with zero attached hydrogens (tertiary/aromatic N) is 2. The summed E-state index contributed by atoms with van der Waals surface area (Å²) in [4.78, 5) is 16.5. The van der Waals surface area contributed by atoms with Gasteiger partial charge in [-0.25, -0.2) is 4.98 Å². The molecule has 1 fully saturated rings. The van der Waals surface area contributed by atoms with E-state index in [9.17, 15) is 4.79 Å². The van der Waals surface area contributed by atoms with Crippen molar-refractivity contribution in [2.75, 3.05) is 6.54 Å². The maximum atomic E-state index is 12.2. The molecule has 1 aromatic heterocycles. The van der Waals surface area contributed by atoms with Gasteiger partial charge in [-0.05, 0) is 37.6 Å². The van der Waals surface area contributed by atoms with Crippen molar-refractivity contribution in [1.29, 1.82) is 0 Å². The van der Waals surface area contributed by atoms with Crippen LogP contribution in [0.25, 0.3) is 11.0 Å². The third kappa shape index (κ3) is 2.04. The highest BCUT2D eigenvalue weighted by atomic mass is 16.1. The molecule has 1 saturated heterocycles. The maximum absolute atomic E-state index is 12.2. The number of hydrogen-bond donors (Lipinski definition) is 1. The average Bonchev–Trinajstić information content (AvgIpc) is 2.99. The summed E-state index contributed by atoms with van der Waals surface area (Å²) in [5, 5.41) is 3.36. The van der Waals surface area contributed by atoms with Gasteiger partial charge in [0.25, 0.3) is 0 Å². The highest BCUT2D eigenvalue weighted by Crippen LogP contribution is 2.17. The Balaban J connectivity index is 1.82. The number of rotatable bonds is 3. The number of nitrogens with one attached hydrogen (secondary N) is 1. The summed E-state index contributed by atoms with van der Waals surface area (Å²) in [5.41, 5.74) is 2.73. The highest BCUT2D eigenvalue weighted by Gasteiger charge is 2.18. The number of carbonyl (C=O) groups excluding carboxylic acids is 1. The summed E-state index contributed by atoms with van der Waals surface area (Å²) in [7, 11) is 1.96. The van der Waals surface area contributed by atoms with Crippen LogP contribution in [0.2, 0.25) is 0 Å². The second-order valence-corrected chi connectivity index (χ2v) is 4.98. The fourth-order valence-electron chi connectivity index (χ4n) is 2.58. The summed E-state index contributed by atoms with van der Waals surface area (Å²) in [6.45, 7) is 1.04. The van der Waals surface area contributed by atoms with E-state index in [-0.39, 0.29) is 5.78 Å². The van der Waals surface area contributed by atoms with Gasteiger partial charge >= 0.3 is 0 Å². The molecule has 1 aliphatic heterocycles. The minimum absolute atomic E-state index is 0.210. The molecule has 0 radical (unpaired) electrons. The number of imidazole rings is 1. The molecule has 18 heavy (non-hydrogen) atoms. The Labute approximate surface area is 106 Å². The minimum atomic E-state index is 0.210. The van der Waals surface area contributed by atoms with Crippen LogP contribution < -0.4 is 5.32 Å². The Kier molecular flexibility index (Phi) is 2.88. The molecule has 2 aromatic rings. The summed E-state index contributed by atoms with van der Waals surface area (Å²) < 4.78 is 1.96. The predicted molar refractivity (Wildman–Crippen MR) is 70.7 cm³/mol. The quantitative estimate of drug-likeness (QED) is 0.837. The van der Waals surface area contributed by atoms with E-state index in [1.807, 2.05) is 29.8 Å². The number of benzene rings is 1. The Hall–Kier alpha value is -1.68. The van der Waals surface area contributed by atoms with E-state index in [0.717, 1.165) is 29.6 Å². The van der Waals surface area contributed by atoms with E-state index in [4.69, 9.17) is 0 Å². The Morgan fingerprint density at radius 3 is 3.22 bits per heavy atom. The number of hydrogen-bond acceptors (Lipinski definition) is 3. The molecule has 0 spiro atoms. The minimum Gasteiger partial charge on any atom is -0.334 e. The standard InChI is InChI=1S/C14H17N3O/c1-17-9-16-12-7-10(4-5-13(12)17)14(18)8-11-3-2-6-15-11/h4-5,7,9,11,15H,2-3,6,8H2,1H3. The van der Waals surface area contributed by atoms with E-state index in [2.05, 4.69) is 10.3 Å². The van der Waals surface area contributed by atoms with Crippen LogP contribution in [0.3, 0.4) is 0 Å². The van der Waals surface area contributed by atoms with Crippen LogP contribution in [0.15, 0.2) is 24.5 Å². The van der Waals surface area contributed by atoms with Crippen molar-refractivity contribution >= 4 is 16.8 Å². The zero-order valence-electron chi connectivity index (χ0n) is 10.5. The van der Waals surface area contributed by atoms with Crippen LogP contribution >= 0.6 is 0 Å². The molecular weight excluding hydrogens is 226 g/mol. The molecule has 0 bridgehead atoms. The third-order valence-electron chi connectivity index (χ3n) is 3.64. The lowest BCUT2D eigenvalue weighted by molar-refractivity contribution is 0.0972. The lowest BCUT2D eigenvalue weighted by atomic mass is 10.0. The zero-order chi connectivity index (χ0) is 12.5. The SMILES string of the molecule is Cn1cnc2cc(C(=O)CC3CCCN3)ccc21. The lowest BCUT2D eigenvalue weighted by Gasteiger charge is -2.08. The van der Waals surface area contributed by atoms with Crippen LogP contribution in [-0.2, 0) is 7.05 Å². The third-order valence-corrected chi connectivity index (χ3v) is 3.64. The van der Waals surface area contributed by atoms with E-state index in [1.165, 1.54) is 6.42 Å². The monoisotopic (exact) mass is 243 g/mol. The van der Waals surface area contributed by atoms with Gasteiger partial charge < -0.3 is 9.88 Å². The fraction of sp³-hybridized carbons (Fsp3) is 0.429. The summed E-state index contributed by atoms with van der Waals surface area (Å²) >= 11 is 0. The number of Topliss-reactive ketones (excluding diaryl/α,β-unsaturated/α-hetero) is 1. The molecule has 1 N–H and O–H groups in total. The van der Waals surface area contributed by atoms with Crippen molar-refractivity contribution in [2.24, 2.45) is 7.05 Å². The first-order valence-corrected chi connectivity index (χ1v) is 6.42. The van der Waals surface area contributed by atoms with E-state index >= 15 is 0 Å². The van der Waals surface area contributed by atoms with Crippen molar-refractivity contribution in [1.82, 2.24) is 14.9 Å². The molecule has 1 atom stereocenters. The molecule has 0 aliphatic carbocycles. The van der Waals surface area contributed by atoms with Crippen molar-refractivity contribution in [2.45, 2.75) is 25.3 Å². The first kappa shape index (κ1) is 11.4. The maximum Gasteiger partial charge on any atom is 0.164 e. The van der Waals surface area contributed by atoms with Crippen LogP contribution in [0, 0.1) is 0 Å². The number of aromatic nitrogens is 2. The highest BCUT2D eigenvalue weighted by molar-refractivity contribution is 5.99. The molecule has 1 unspecified atom stereocenters. The van der Waals surface area contributed by atoms with Gasteiger partial charge in [-0.3, -0.25) is 4.79 Å². The van der Waals surface area contributed by atoms with Gasteiger partial charge in [0.2, 0.25) is 0 Å². The van der Waals surface area contributed by atoms with E-state index in [1.54, 1.807) is 6.33 Å². The number of fused-ring (bicyclic) bond motifs is 1. The number of ketones is 1. The number of aryl methyl sites for hydroxylation is 1. The van der Waals surface area contributed by atoms with E-state index in [0.29, 0.717) is 12.5 Å². The first-order valence-electron chi connectivity index (χ1n) is 6.42. The Morgan fingerprint density at radius 2 is 2.44 bits per heavy atom. The van der Waals surface area contributed by atoms with Gasteiger partial charge in [0, 0.05) is 25.1 Å². The van der Waals surface area contributed by atoms with Gasteiger partial charge in [0.15, 0.2) is 5.78 Å². The van der Waals surface area contributed by atoms with E-state index < -0.39 is 0 Å². The van der Waals surface area contributed by atoms with Crippen LogP contribution in [0.5, 0.6) is 0 Å². The largest absolute Gasteiger partial charge is 0.334 e. The van der Waals surface area contributed by atoms with Gasteiger partial charge in [-0.15, -0.1) is 0 Å². The lowest BCUT2D eigenvalue weighted by Crippen LogP contribution is -2.24.